The normalized spacial score (nSPS) is 10.8. The monoisotopic (exact) mass is 324 g/mol. The van der Waals surface area contributed by atoms with Crippen LogP contribution in [0.5, 0.6) is 11.5 Å². The maximum atomic E-state index is 5.71. The first kappa shape index (κ1) is 13.9. The summed E-state index contributed by atoms with van der Waals surface area (Å²) in [7, 11) is 1.65. The molecule has 0 fully saturated rings. The lowest BCUT2D eigenvalue weighted by atomic mass is 10.2. The van der Waals surface area contributed by atoms with Gasteiger partial charge in [-0.05, 0) is 47.5 Å². The predicted molar refractivity (Wildman–Crippen MR) is 77.6 cm³/mol. The smallest absolute Gasteiger partial charge is 0.157 e. The Morgan fingerprint density at radius 1 is 1.37 bits per heavy atom. The zero-order chi connectivity index (χ0) is 13.8. The number of benzene rings is 1. The molecule has 0 atom stereocenters. The van der Waals surface area contributed by atoms with Crippen LogP contribution in [0.2, 0.25) is 0 Å². The molecule has 4 nitrogen and oxygen atoms in total. The van der Waals surface area contributed by atoms with Crippen LogP contribution in [-0.4, -0.2) is 16.9 Å². The van der Waals surface area contributed by atoms with E-state index in [0.717, 1.165) is 21.5 Å². The van der Waals surface area contributed by atoms with Gasteiger partial charge >= 0.3 is 0 Å². The Bertz CT molecular complexity index is 552. The molecule has 5 heteroatoms. The summed E-state index contributed by atoms with van der Waals surface area (Å²) in [5.74, 6) is 1.59. The van der Waals surface area contributed by atoms with E-state index in [0.29, 0.717) is 12.6 Å². The Morgan fingerprint density at radius 3 is 2.74 bits per heavy atom. The van der Waals surface area contributed by atoms with E-state index in [4.69, 9.17) is 9.47 Å². The molecule has 0 amide bonds. The van der Waals surface area contributed by atoms with Crippen molar-refractivity contribution >= 4 is 15.9 Å². The van der Waals surface area contributed by atoms with Gasteiger partial charge in [0.25, 0.3) is 0 Å². The van der Waals surface area contributed by atoms with E-state index in [1.807, 2.05) is 29.1 Å². The molecular weight excluding hydrogens is 308 g/mol. The second-order valence-corrected chi connectivity index (χ2v) is 5.36. The number of aromatic nitrogens is 2. The van der Waals surface area contributed by atoms with Crippen molar-refractivity contribution < 1.29 is 9.47 Å². The average molecular weight is 325 g/mol. The third-order valence-electron chi connectivity index (χ3n) is 2.73. The fourth-order valence-electron chi connectivity index (χ4n) is 1.64. The minimum absolute atomic E-state index is 0.340. The number of halogens is 1. The summed E-state index contributed by atoms with van der Waals surface area (Å²) in [6.07, 6.45) is 3.64. The Kier molecular flexibility index (Phi) is 4.47. The van der Waals surface area contributed by atoms with Crippen LogP contribution in [0.1, 0.15) is 25.5 Å². The summed E-state index contributed by atoms with van der Waals surface area (Å²) in [4.78, 5) is 0. The van der Waals surface area contributed by atoms with Crippen LogP contribution in [0.15, 0.2) is 35.1 Å². The minimum Gasteiger partial charge on any atom is -0.496 e. The molecule has 1 aromatic heterocycles. The molecule has 1 aromatic carbocycles. The second kappa shape index (κ2) is 6.10. The number of ether oxygens (including phenoxy) is 2. The summed E-state index contributed by atoms with van der Waals surface area (Å²) in [6.45, 7) is 4.67. The molecule has 0 radical (unpaired) electrons. The van der Waals surface area contributed by atoms with Crippen LogP contribution < -0.4 is 9.47 Å². The summed E-state index contributed by atoms with van der Waals surface area (Å²) in [6, 6.07) is 6.23. The van der Waals surface area contributed by atoms with Crippen molar-refractivity contribution in [3.8, 4) is 11.5 Å². The van der Waals surface area contributed by atoms with Crippen LogP contribution in [0.4, 0.5) is 0 Å². The zero-order valence-electron chi connectivity index (χ0n) is 11.3. The number of hydrogen-bond donors (Lipinski definition) is 0. The molecule has 0 unspecified atom stereocenters. The summed E-state index contributed by atoms with van der Waals surface area (Å²) in [5.41, 5.74) is 1.07. The topological polar surface area (TPSA) is 36.3 Å². The number of nitrogens with zero attached hydrogens (tertiary/aromatic N) is 2. The molecule has 0 aliphatic heterocycles. The van der Waals surface area contributed by atoms with Gasteiger partial charge in [0.2, 0.25) is 0 Å². The lowest BCUT2D eigenvalue weighted by Gasteiger charge is -2.07. The quantitative estimate of drug-likeness (QED) is 0.839. The first-order chi connectivity index (χ1) is 9.10. The van der Waals surface area contributed by atoms with Crippen LogP contribution >= 0.6 is 15.9 Å². The highest BCUT2D eigenvalue weighted by Gasteiger charge is 2.05. The van der Waals surface area contributed by atoms with Gasteiger partial charge in [0.1, 0.15) is 12.4 Å². The van der Waals surface area contributed by atoms with Gasteiger partial charge in [-0.15, -0.1) is 0 Å². The summed E-state index contributed by atoms with van der Waals surface area (Å²) >= 11 is 3.46. The van der Waals surface area contributed by atoms with E-state index in [2.05, 4.69) is 34.9 Å². The largest absolute Gasteiger partial charge is 0.496 e. The molecule has 0 saturated carbocycles. The van der Waals surface area contributed by atoms with Gasteiger partial charge in [-0.25, -0.2) is 0 Å². The van der Waals surface area contributed by atoms with Crippen LogP contribution in [0.25, 0.3) is 0 Å². The first-order valence-corrected chi connectivity index (χ1v) is 6.89. The third kappa shape index (κ3) is 3.50. The standard InChI is InChI=1S/C14H17BrN2O2/c1-10(2)17-8-12(7-16-17)19-9-11-4-5-14(18-3)13(15)6-11/h4-8,10H,9H2,1-3H3. The minimum atomic E-state index is 0.340. The Labute approximate surface area is 121 Å². The molecule has 0 aliphatic rings. The Balaban J connectivity index is 1.99. The van der Waals surface area contributed by atoms with Crippen molar-refractivity contribution in [3.05, 3.63) is 40.6 Å². The van der Waals surface area contributed by atoms with Crippen molar-refractivity contribution in [2.45, 2.75) is 26.5 Å². The Hall–Kier alpha value is -1.49. The lowest BCUT2D eigenvalue weighted by molar-refractivity contribution is 0.305. The highest BCUT2D eigenvalue weighted by Crippen LogP contribution is 2.26. The number of hydrogen-bond acceptors (Lipinski definition) is 3. The lowest BCUT2D eigenvalue weighted by Crippen LogP contribution is -2.00. The van der Waals surface area contributed by atoms with Crippen LogP contribution in [0.3, 0.4) is 0 Å². The number of methoxy groups -OCH3 is 1. The third-order valence-corrected chi connectivity index (χ3v) is 3.35. The molecule has 2 aromatic rings. The van der Waals surface area contributed by atoms with Crippen molar-refractivity contribution in [2.24, 2.45) is 0 Å². The van der Waals surface area contributed by atoms with E-state index < -0.39 is 0 Å². The van der Waals surface area contributed by atoms with Gasteiger partial charge in [-0.1, -0.05) is 6.07 Å². The molecule has 0 saturated heterocycles. The van der Waals surface area contributed by atoms with E-state index in [1.54, 1.807) is 13.3 Å². The molecule has 0 N–H and O–H groups in total. The van der Waals surface area contributed by atoms with Gasteiger partial charge in [0.05, 0.1) is 24.0 Å². The maximum Gasteiger partial charge on any atom is 0.157 e. The first-order valence-electron chi connectivity index (χ1n) is 6.09. The molecule has 2 rings (SSSR count). The SMILES string of the molecule is COc1ccc(COc2cnn(C(C)C)c2)cc1Br. The Morgan fingerprint density at radius 2 is 2.16 bits per heavy atom. The zero-order valence-corrected chi connectivity index (χ0v) is 12.8. The fraction of sp³-hybridized carbons (Fsp3) is 0.357. The molecule has 0 aliphatic carbocycles. The van der Waals surface area contributed by atoms with Crippen molar-refractivity contribution in [3.63, 3.8) is 0 Å². The highest BCUT2D eigenvalue weighted by atomic mass is 79.9. The molecule has 0 spiro atoms. The van der Waals surface area contributed by atoms with Crippen molar-refractivity contribution in [1.82, 2.24) is 9.78 Å². The molecular formula is C14H17BrN2O2. The van der Waals surface area contributed by atoms with Gasteiger partial charge in [0, 0.05) is 6.04 Å². The van der Waals surface area contributed by atoms with E-state index in [9.17, 15) is 0 Å². The van der Waals surface area contributed by atoms with Gasteiger partial charge < -0.3 is 9.47 Å². The summed E-state index contributed by atoms with van der Waals surface area (Å²) < 4.78 is 13.7. The van der Waals surface area contributed by atoms with Crippen LogP contribution in [0, 0.1) is 0 Å². The molecule has 19 heavy (non-hydrogen) atoms. The highest BCUT2D eigenvalue weighted by molar-refractivity contribution is 9.10. The van der Waals surface area contributed by atoms with E-state index >= 15 is 0 Å². The maximum absolute atomic E-state index is 5.71. The van der Waals surface area contributed by atoms with Gasteiger partial charge in [-0.2, -0.15) is 5.10 Å². The van der Waals surface area contributed by atoms with E-state index in [-0.39, 0.29) is 0 Å². The average Bonchev–Trinajstić information content (AvgIpc) is 2.85. The molecule has 1 heterocycles. The van der Waals surface area contributed by atoms with E-state index in [1.165, 1.54) is 0 Å². The fourth-order valence-corrected chi connectivity index (χ4v) is 2.23. The van der Waals surface area contributed by atoms with Crippen molar-refractivity contribution in [1.29, 1.82) is 0 Å². The second-order valence-electron chi connectivity index (χ2n) is 4.51. The number of rotatable bonds is 5. The van der Waals surface area contributed by atoms with Gasteiger partial charge in [0.15, 0.2) is 5.75 Å². The molecule has 0 bridgehead atoms. The van der Waals surface area contributed by atoms with Crippen LogP contribution in [-0.2, 0) is 6.61 Å². The molecule has 102 valence electrons. The van der Waals surface area contributed by atoms with Gasteiger partial charge in [-0.3, -0.25) is 4.68 Å². The summed E-state index contributed by atoms with van der Waals surface area (Å²) in [5, 5.41) is 4.24. The van der Waals surface area contributed by atoms with Crippen molar-refractivity contribution in [2.75, 3.05) is 7.11 Å². The predicted octanol–water partition coefficient (Wildman–Crippen LogP) is 3.81.